The number of hydrogen-bond donors (Lipinski definition) is 0. The third-order valence-electron chi connectivity index (χ3n) is 2.23. The lowest BCUT2D eigenvalue weighted by Crippen LogP contribution is -2.08. The van der Waals surface area contributed by atoms with E-state index < -0.39 is 0 Å². The Bertz CT molecular complexity index is 475. The lowest BCUT2D eigenvalue weighted by Gasteiger charge is -2.11. The minimum atomic E-state index is -0.0972. The zero-order valence-corrected chi connectivity index (χ0v) is 8.52. The molecule has 4 heteroatoms. The van der Waals surface area contributed by atoms with Crippen molar-refractivity contribution in [3.63, 3.8) is 0 Å². The molecule has 1 aromatic heterocycles. The van der Waals surface area contributed by atoms with Gasteiger partial charge in [0.05, 0.1) is 19.5 Å². The summed E-state index contributed by atoms with van der Waals surface area (Å²) in [5.74, 6) is 1.08. The SMILES string of the molecule is CC=C1C(=O)C=Nc2ncc(OC)cc21. The molecule has 0 amide bonds. The largest absolute Gasteiger partial charge is 0.495 e. The van der Waals surface area contributed by atoms with E-state index in [0.29, 0.717) is 17.1 Å². The summed E-state index contributed by atoms with van der Waals surface area (Å²) in [4.78, 5) is 19.6. The van der Waals surface area contributed by atoms with Gasteiger partial charge in [0.1, 0.15) is 5.75 Å². The van der Waals surface area contributed by atoms with Crippen molar-refractivity contribution in [3.8, 4) is 5.75 Å². The molecule has 1 aromatic rings. The maximum Gasteiger partial charge on any atom is 0.204 e. The molecule has 0 fully saturated rings. The molecule has 1 aliphatic heterocycles. The summed E-state index contributed by atoms with van der Waals surface area (Å²) >= 11 is 0. The maximum atomic E-state index is 11.5. The van der Waals surface area contributed by atoms with Gasteiger partial charge in [-0.25, -0.2) is 9.98 Å². The van der Waals surface area contributed by atoms with Crippen LogP contribution in [0, 0.1) is 0 Å². The fraction of sp³-hybridized carbons (Fsp3) is 0.182. The lowest BCUT2D eigenvalue weighted by molar-refractivity contribution is -0.107. The van der Waals surface area contributed by atoms with Crippen LogP contribution >= 0.6 is 0 Å². The first-order chi connectivity index (χ1) is 7.26. The molecule has 4 nitrogen and oxygen atoms in total. The van der Waals surface area contributed by atoms with Crippen LogP contribution in [0.4, 0.5) is 5.82 Å². The standard InChI is InChI=1S/C11H10N2O2/c1-3-8-9-4-7(15-2)5-12-11(9)13-6-10(8)14/h3-6H,1-2H3. The second kappa shape index (κ2) is 3.65. The Balaban J connectivity index is 2.62. The molecule has 0 radical (unpaired) electrons. The molecule has 0 saturated heterocycles. The number of methoxy groups -OCH3 is 1. The topological polar surface area (TPSA) is 51.5 Å². The van der Waals surface area contributed by atoms with Crippen LogP contribution in [0.15, 0.2) is 23.3 Å². The van der Waals surface area contributed by atoms with Gasteiger partial charge >= 0.3 is 0 Å². The number of Topliss-reactive ketones (excluding diaryl/α,β-unsaturated/α-hetero) is 1. The van der Waals surface area contributed by atoms with Gasteiger partial charge in [-0.3, -0.25) is 4.79 Å². The van der Waals surface area contributed by atoms with Crippen molar-refractivity contribution in [1.82, 2.24) is 4.98 Å². The van der Waals surface area contributed by atoms with Crippen molar-refractivity contribution >= 4 is 23.4 Å². The Kier molecular flexibility index (Phi) is 2.33. The van der Waals surface area contributed by atoms with Gasteiger partial charge in [0.2, 0.25) is 5.78 Å². The van der Waals surface area contributed by atoms with Crippen molar-refractivity contribution in [2.45, 2.75) is 6.92 Å². The number of ketones is 1. The molecule has 0 N–H and O–H groups in total. The van der Waals surface area contributed by atoms with Crippen LogP contribution in [0.25, 0.3) is 5.57 Å². The van der Waals surface area contributed by atoms with Gasteiger partial charge in [-0.15, -0.1) is 0 Å². The van der Waals surface area contributed by atoms with E-state index in [-0.39, 0.29) is 5.78 Å². The number of pyridine rings is 1. The van der Waals surface area contributed by atoms with E-state index in [9.17, 15) is 4.79 Å². The molecule has 0 saturated carbocycles. The Morgan fingerprint density at radius 2 is 2.27 bits per heavy atom. The smallest absolute Gasteiger partial charge is 0.204 e. The molecule has 0 aliphatic carbocycles. The number of allylic oxidation sites excluding steroid dienone is 2. The predicted octanol–water partition coefficient (Wildman–Crippen LogP) is 1.78. The highest BCUT2D eigenvalue weighted by Crippen LogP contribution is 2.30. The Morgan fingerprint density at radius 3 is 2.93 bits per heavy atom. The molecular formula is C11H10N2O2. The second-order valence-electron chi connectivity index (χ2n) is 3.07. The Labute approximate surface area is 87.3 Å². The lowest BCUT2D eigenvalue weighted by atomic mass is 10.0. The van der Waals surface area contributed by atoms with Crippen molar-refractivity contribution in [1.29, 1.82) is 0 Å². The fourth-order valence-corrected chi connectivity index (χ4v) is 1.47. The van der Waals surface area contributed by atoms with E-state index in [1.807, 2.05) is 6.92 Å². The molecule has 0 spiro atoms. The fourth-order valence-electron chi connectivity index (χ4n) is 1.47. The minimum Gasteiger partial charge on any atom is -0.495 e. The second-order valence-corrected chi connectivity index (χ2v) is 3.07. The number of carbonyl (C=O) groups is 1. The van der Waals surface area contributed by atoms with Crippen LogP contribution in [0.5, 0.6) is 5.75 Å². The number of fused-ring (bicyclic) bond motifs is 1. The Hall–Kier alpha value is -1.97. The molecular weight excluding hydrogens is 192 g/mol. The van der Waals surface area contributed by atoms with Crippen molar-refractivity contribution in [2.24, 2.45) is 4.99 Å². The maximum absolute atomic E-state index is 11.5. The van der Waals surface area contributed by atoms with E-state index in [1.165, 1.54) is 6.21 Å². The molecule has 0 bridgehead atoms. The van der Waals surface area contributed by atoms with Gasteiger partial charge in [0, 0.05) is 11.1 Å². The number of aliphatic imine (C=N–C) groups is 1. The van der Waals surface area contributed by atoms with E-state index in [4.69, 9.17) is 4.74 Å². The first-order valence-electron chi connectivity index (χ1n) is 4.55. The van der Waals surface area contributed by atoms with Crippen molar-refractivity contribution < 1.29 is 9.53 Å². The number of nitrogens with zero attached hydrogens (tertiary/aromatic N) is 2. The number of hydrogen-bond acceptors (Lipinski definition) is 4. The molecule has 1 aliphatic rings. The molecule has 0 aromatic carbocycles. The summed E-state index contributed by atoms with van der Waals surface area (Å²) in [5.41, 5.74) is 1.34. The molecule has 0 unspecified atom stereocenters. The third kappa shape index (κ3) is 1.54. The average molecular weight is 202 g/mol. The zero-order chi connectivity index (χ0) is 10.8. The number of rotatable bonds is 1. The third-order valence-corrected chi connectivity index (χ3v) is 2.23. The summed E-state index contributed by atoms with van der Waals surface area (Å²) in [6, 6.07) is 1.77. The van der Waals surface area contributed by atoms with Crippen molar-refractivity contribution in [2.75, 3.05) is 7.11 Å². The van der Waals surface area contributed by atoms with Gasteiger partial charge in [-0.2, -0.15) is 0 Å². The van der Waals surface area contributed by atoms with Gasteiger partial charge in [-0.05, 0) is 13.0 Å². The zero-order valence-electron chi connectivity index (χ0n) is 8.52. The van der Waals surface area contributed by atoms with Gasteiger partial charge < -0.3 is 4.74 Å². The molecule has 0 atom stereocenters. The molecule has 2 rings (SSSR count). The van der Waals surface area contributed by atoms with Crippen molar-refractivity contribution in [3.05, 3.63) is 23.9 Å². The van der Waals surface area contributed by atoms with Gasteiger partial charge in [-0.1, -0.05) is 6.08 Å². The number of aromatic nitrogens is 1. The monoisotopic (exact) mass is 202 g/mol. The normalized spacial score (nSPS) is 16.7. The highest BCUT2D eigenvalue weighted by Gasteiger charge is 2.19. The van der Waals surface area contributed by atoms with Crippen LogP contribution < -0.4 is 4.74 Å². The summed E-state index contributed by atoms with van der Waals surface area (Å²) in [7, 11) is 1.56. The number of ether oxygens (including phenoxy) is 1. The van der Waals surface area contributed by atoms with Crippen LogP contribution in [-0.4, -0.2) is 24.1 Å². The van der Waals surface area contributed by atoms with E-state index in [1.54, 1.807) is 25.4 Å². The number of carbonyl (C=O) groups excluding carboxylic acids is 1. The first-order valence-corrected chi connectivity index (χ1v) is 4.55. The first kappa shape index (κ1) is 9.58. The predicted molar refractivity (Wildman–Crippen MR) is 57.6 cm³/mol. The van der Waals surface area contributed by atoms with E-state index in [0.717, 1.165) is 5.56 Å². The van der Waals surface area contributed by atoms with Crippen LogP contribution in [0.2, 0.25) is 0 Å². The quantitative estimate of drug-likeness (QED) is 0.652. The minimum absolute atomic E-state index is 0.0972. The highest BCUT2D eigenvalue weighted by molar-refractivity contribution is 6.49. The summed E-state index contributed by atoms with van der Waals surface area (Å²) in [5, 5.41) is 0. The molecule has 15 heavy (non-hydrogen) atoms. The van der Waals surface area contributed by atoms with E-state index in [2.05, 4.69) is 9.98 Å². The van der Waals surface area contributed by atoms with Crippen LogP contribution in [-0.2, 0) is 4.79 Å². The summed E-state index contributed by atoms with van der Waals surface area (Å²) in [6.07, 6.45) is 4.63. The molecule has 2 heterocycles. The van der Waals surface area contributed by atoms with Gasteiger partial charge in [0.25, 0.3) is 0 Å². The van der Waals surface area contributed by atoms with Gasteiger partial charge in [0.15, 0.2) is 5.82 Å². The average Bonchev–Trinajstić information content (AvgIpc) is 2.28. The summed E-state index contributed by atoms with van der Waals surface area (Å²) in [6.45, 7) is 1.82. The molecule has 76 valence electrons. The summed E-state index contributed by atoms with van der Waals surface area (Å²) < 4.78 is 5.06. The Morgan fingerprint density at radius 1 is 1.47 bits per heavy atom. The van der Waals surface area contributed by atoms with Crippen LogP contribution in [0.3, 0.4) is 0 Å². The van der Waals surface area contributed by atoms with E-state index >= 15 is 0 Å². The van der Waals surface area contributed by atoms with Crippen LogP contribution in [0.1, 0.15) is 12.5 Å². The highest BCUT2D eigenvalue weighted by atomic mass is 16.5.